The van der Waals surface area contributed by atoms with Gasteiger partial charge in [-0.3, -0.25) is 4.79 Å². The van der Waals surface area contributed by atoms with Gasteiger partial charge >= 0.3 is 11.9 Å². The topological polar surface area (TPSA) is 371 Å². The number of carbonyl (C=O) groups excluding carboxylic acids is 1. The van der Waals surface area contributed by atoms with Crippen LogP contribution in [0.1, 0.15) is 113 Å². The number of hydrogen-bond donors (Lipinski definition) is 13. The van der Waals surface area contributed by atoms with Crippen LogP contribution >= 0.6 is 0 Å². The van der Waals surface area contributed by atoms with E-state index < -0.39 is 165 Å². The Morgan fingerprint density at radius 1 is 0.605 bits per heavy atom. The van der Waals surface area contributed by atoms with E-state index in [0.29, 0.717) is 38.5 Å². The van der Waals surface area contributed by atoms with Gasteiger partial charge in [0, 0.05) is 0 Å². The van der Waals surface area contributed by atoms with Crippen LogP contribution in [0.15, 0.2) is 11.6 Å². The van der Waals surface area contributed by atoms with Crippen LogP contribution in [0.25, 0.3) is 0 Å². The second-order valence-electron chi connectivity index (χ2n) is 25.9. The Balaban J connectivity index is 0.983. The summed E-state index contributed by atoms with van der Waals surface area (Å²) in [6.45, 7) is 13.7. The largest absolute Gasteiger partial charge is 0.479 e. The van der Waals surface area contributed by atoms with Crippen LogP contribution in [0.5, 0.6) is 0 Å². The van der Waals surface area contributed by atoms with Crippen molar-refractivity contribution in [2.75, 3.05) is 19.8 Å². The first-order chi connectivity index (χ1) is 35.5. The third kappa shape index (κ3) is 9.42. The molecule has 23 heteroatoms. The lowest BCUT2D eigenvalue weighted by Gasteiger charge is -2.71. The molecule has 4 heterocycles. The molecule has 434 valence electrons. The molecule has 0 aromatic rings. The van der Waals surface area contributed by atoms with E-state index in [-0.39, 0.29) is 39.4 Å². The zero-order chi connectivity index (χ0) is 55.6. The first-order valence-corrected chi connectivity index (χ1v) is 27.2. The zero-order valence-electron chi connectivity index (χ0n) is 44.4. The van der Waals surface area contributed by atoms with Gasteiger partial charge in [0.2, 0.25) is 6.29 Å². The van der Waals surface area contributed by atoms with Crippen molar-refractivity contribution in [2.24, 2.45) is 50.2 Å². The fourth-order valence-corrected chi connectivity index (χ4v) is 16.2. The molecule has 76 heavy (non-hydrogen) atoms. The summed E-state index contributed by atoms with van der Waals surface area (Å²) in [4.78, 5) is 27.8. The zero-order valence-corrected chi connectivity index (χ0v) is 44.4. The highest BCUT2D eigenvalue weighted by molar-refractivity contribution is 5.79. The van der Waals surface area contributed by atoms with Crippen LogP contribution in [0.3, 0.4) is 0 Å². The molecule has 0 unspecified atom stereocenters. The molecule has 4 saturated heterocycles. The summed E-state index contributed by atoms with van der Waals surface area (Å²) >= 11 is 0. The average molecular weight is 1090 g/mol. The van der Waals surface area contributed by atoms with Crippen molar-refractivity contribution in [3.05, 3.63) is 11.6 Å². The van der Waals surface area contributed by atoms with Gasteiger partial charge in [-0.1, -0.05) is 60.1 Å². The van der Waals surface area contributed by atoms with Gasteiger partial charge in [-0.05, 0) is 109 Å². The Labute approximate surface area is 442 Å². The van der Waals surface area contributed by atoms with Crippen molar-refractivity contribution in [1.82, 2.24) is 0 Å². The molecule has 23 nitrogen and oxygen atoms in total. The normalized spacial score (nSPS) is 52.9. The predicted octanol–water partition coefficient (Wildman–Crippen LogP) is -1.30. The first-order valence-electron chi connectivity index (χ1n) is 27.2. The Bertz CT molecular complexity index is 2140. The number of hydrogen-bond acceptors (Lipinski definition) is 22. The molecule has 0 aromatic heterocycles. The Morgan fingerprint density at radius 3 is 1.83 bits per heavy atom. The summed E-state index contributed by atoms with van der Waals surface area (Å²) in [5.41, 5.74) is -1.40. The number of allylic oxidation sites excluding steroid dienone is 2. The molecule has 13 N–H and O–H groups in total. The van der Waals surface area contributed by atoms with E-state index in [9.17, 15) is 76.0 Å². The maximum atomic E-state index is 14.8. The minimum absolute atomic E-state index is 0.0107. The van der Waals surface area contributed by atoms with Crippen LogP contribution in [0.4, 0.5) is 0 Å². The highest BCUT2D eigenvalue weighted by atomic mass is 16.8. The van der Waals surface area contributed by atoms with E-state index in [4.69, 9.17) is 37.9 Å². The standard InChI is InChI=1S/C53H84O23/c1-48(2)14-16-53(47(68)76-45-37(64)34(61)32(59)26(20-55)71-45)17-15-51(6)22(23(53)18-48)8-9-28-50(5)12-11-29(49(3,4)27(50)10-13-52(28,51)7)72-46-40(74-44-36(63)33(60)31(58)25(19-54)70-44)38(65)39(41(75-46)42(66)67)73-43-35(62)30(57)24(56)21-69-43/h8,23-41,43-46,54-65H,9-21H2,1-7H3,(H,66,67)/t23-,24+,25+,26+,27-,28+,29-,30-,31+,32+,33-,34-,35+,36+,37+,38-,39-,40+,41-,43-,44-,45-,46+,50-,51+,52+,53-/m0/s1. The molecule has 4 saturated carbocycles. The number of carboxylic acid groups (broad SMARTS) is 1. The Morgan fingerprint density at radius 2 is 1.20 bits per heavy atom. The van der Waals surface area contributed by atoms with E-state index in [0.717, 1.165) is 25.7 Å². The number of aliphatic hydroxyl groups is 12. The van der Waals surface area contributed by atoms with Crippen LogP contribution in [0.2, 0.25) is 0 Å². The maximum Gasteiger partial charge on any atom is 0.335 e. The molecule has 0 amide bonds. The van der Waals surface area contributed by atoms with Crippen molar-refractivity contribution in [2.45, 2.75) is 235 Å². The lowest BCUT2D eigenvalue weighted by molar-refractivity contribution is -0.387. The molecule has 0 aromatic carbocycles. The van der Waals surface area contributed by atoms with E-state index in [1.165, 1.54) is 5.57 Å². The highest BCUT2D eigenvalue weighted by Gasteiger charge is 2.70. The maximum absolute atomic E-state index is 14.8. The van der Waals surface area contributed by atoms with Gasteiger partial charge in [0.25, 0.3) is 0 Å². The lowest BCUT2D eigenvalue weighted by atomic mass is 9.33. The predicted molar refractivity (Wildman–Crippen MR) is 257 cm³/mol. The fourth-order valence-electron chi connectivity index (χ4n) is 16.2. The SMILES string of the molecule is CC1(C)CC[C@]2(C(=O)O[C@@H]3O[C@H](CO)[C@@H](O)[C@H](O)[C@H]3O)CC[C@]3(C)C(=CC[C@@H]4[C@@]5(C)CC[C@H](O[C@@H]6O[C@H](C(=O)O)[C@@H](O[C@@H]7OC[C@@H](O)[C@H](O)[C@H]7O)[C@H](O)[C@H]6O[C@@H]6O[C@H](CO)[C@@H](O)[C@H](O)[C@H]6O)C(C)(C)[C@@H]5CC[C@]43C)[C@@H]2C1. The van der Waals surface area contributed by atoms with Crippen LogP contribution in [-0.4, -0.2) is 221 Å². The molecule has 9 rings (SSSR count). The summed E-state index contributed by atoms with van der Waals surface area (Å²) in [6, 6.07) is 0. The van der Waals surface area contributed by atoms with Crippen LogP contribution < -0.4 is 0 Å². The number of aliphatic hydroxyl groups excluding tert-OH is 12. The molecule has 0 spiro atoms. The van der Waals surface area contributed by atoms with E-state index >= 15 is 0 Å². The van der Waals surface area contributed by atoms with Gasteiger partial charge in [0.05, 0.1) is 31.3 Å². The second-order valence-corrected chi connectivity index (χ2v) is 25.9. The van der Waals surface area contributed by atoms with Crippen molar-refractivity contribution >= 4 is 11.9 Å². The summed E-state index contributed by atoms with van der Waals surface area (Å²) in [5.74, 6) is -2.19. The van der Waals surface area contributed by atoms with E-state index in [1.54, 1.807) is 0 Å². The number of esters is 1. The number of carboxylic acids is 1. The van der Waals surface area contributed by atoms with Crippen molar-refractivity contribution < 1.29 is 114 Å². The molecule has 0 radical (unpaired) electrons. The summed E-state index contributed by atoms with van der Waals surface area (Å²) < 4.78 is 47.7. The smallest absolute Gasteiger partial charge is 0.335 e. The fraction of sp³-hybridized carbons (Fsp3) is 0.925. The van der Waals surface area contributed by atoms with Crippen molar-refractivity contribution in [1.29, 1.82) is 0 Å². The third-order valence-electron chi connectivity index (χ3n) is 21.0. The third-order valence-corrected chi connectivity index (χ3v) is 21.0. The van der Waals surface area contributed by atoms with Gasteiger partial charge in [-0.25, -0.2) is 4.79 Å². The molecule has 4 aliphatic heterocycles. The molecule has 9 aliphatic rings. The minimum Gasteiger partial charge on any atom is -0.479 e. The number of carbonyl (C=O) groups is 2. The van der Waals surface area contributed by atoms with Crippen molar-refractivity contribution in [3.63, 3.8) is 0 Å². The van der Waals surface area contributed by atoms with Crippen LogP contribution in [0, 0.1) is 50.2 Å². The number of fused-ring (bicyclic) bond motifs is 7. The molecule has 8 fully saturated rings. The number of ether oxygens (including phenoxy) is 8. The highest BCUT2D eigenvalue weighted by Crippen LogP contribution is 2.76. The van der Waals surface area contributed by atoms with Crippen LogP contribution in [-0.2, 0) is 47.5 Å². The second kappa shape index (κ2) is 21.0. The molecule has 27 atom stereocenters. The van der Waals surface area contributed by atoms with Gasteiger partial charge in [0.15, 0.2) is 25.0 Å². The summed E-state index contributed by atoms with van der Waals surface area (Å²) in [5, 5.41) is 138. The first kappa shape index (κ1) is 58.6. The van der Waals surface area contributed by atoms with Crippen molar-refractivity contribution in [3.8, 4) is 0 Å². The minimum atomic E-state index is -2.03. The van der Waals surface area contributed by atoms with Gasteiger partial charge in [-0.15, -0.1) is 0 Å². The Hall–Kier alpha value is -2.08. The summed E-state index contributed by atoms with van der Waals surface area (Å²) in [7, 11) is 0. The molecule has 5 aliphatic carbocycles. The number of rotatable bonds is 11. The van der Waals surface area contributed by atoms with Gasteiger partial charge in [0.1, 0.15) is 85.5 Å². The lowest BCUT2D eigenvalue weighted by Crippen LogP contribution is -2.68. The molecular formula is C53H84O23. The molecule has 0 bridgehead atoms. The monoisotopic (exact) mass is 1090 g/mol. The van der Waals surface area contributed by atoms with Gasteiger partial charge in [-0.2, -0.15) is 0 Å². The number of aliphatic carboxylic acids is 1. The average Bonchev–Trinajstić information content (AvgIpc) is 3.54. The van der Waals surface area contributed by atoms with E-state index in [1.807, 2.05) is 0 Å². The van der Waals surface area contributed by atoms with Gasteiger partial charge < -0.3 is 104 Å². The Kier molecular flexibility index (Phi) is 16.2. The molecular weight excluding hydrogens is 1000 g/mol. The quantitative estimate of drug-likeness (QED) is 0.0649. The summed E-state index contributed by atoms with van der Waals surface area (Å²) in [6.07, 6.45) is -24.8. The van der Waals surface area contributed by atoms with E-state index in [2.05, 4.69) is 54.5 Å².